The van der Waals surface area contributed by atoms with Gasteiger partial charge in [0.05, 0.1) is 5.60 Å². The lowest BCUT2D eigenvalue weighted by molar-refractivity contribution is -0.0917. The third-order valence-electron chi connectivity index (χ3n) is 4.92. The molecule has 0 amide bonds. The molecule has 21 heavy (non-hydrogen) atoms. The van der Waals surface area contributed by atoms with E-state index in [-0.39, 0.29) is 5.60 Å². The molecule has 0 radical (unpaired) electrons. The van der Waals surface area contributed by atoms with Crippen LogP contribution in [0, 0.1) is 5.92 Å². The van der Waals surface area contributed by atoms with Gasteiger partial charge < -0.3 is 10.5 Å². The first kappa shape index (κ1) is 16.1. The van der Waals surface area contributed by atoms with E-state index >= 15 is 0 Å². The highest BCUT2D eigenvalue weighted by atomic mass is 79.9. The van der Waals surface area contributed by atoms with Gasteiger partial charge in [-0.1, -0.05) is 33.6 Å². The van der Waals surface area contributed by atoms with Gasteiger partial charge in [-0.15, -0.1) is 0 Å². The van der Waals surface area contributed by atoms with Gasteiger partial charge in [0, 0.05) is 27.4 Å². The van der Waals surface area contributed by atoms with E-state index in [1.807, 2.05) is 23.9 Å². The van der Waals surface area contributed by atoms with Crippen LogP contribution in [-0.4, -0.2) is 23.7 Å². The van der Waals surface area contributed by atoms with E-state index in [1.54, 1.807) is 0 Å². The largest absolute Gasteiger partial charge is 0.374 e. The SMILES string of the molecule is CC(N)(c1ccc(Br)cc1Cl)C1CCOC2(CCSC2)C1. The third kappa shape index (κ3) is 3.16. The van der Waals surface area contributed by atoms with Crippen molar-refractivity contribution in [1.82, 2.24) is 0 Å². The Morgan fingerprint density at radius 1 is 1.52 bits per heavy atom. The predicted molar refractivity (Wildman–Crippen MR) is 94.0 cm³/mol. The van der Waals surface area contributed by atoms with Crippen LogP contribution in [0.25, 0.3) is 0 Å². The maximum Gasteiger partial charge on any atom is 0.0783 e. The van der Waals surface area contributed by atoms with Gasteiger partial charge in [-0.2, -0.15) is 11.8 Å². The first-order valence-corrected chi connectivity index (χ1v) is 9.72. The molecule has 2 aliphatic rings. The number of benzene rings is 1. The molecule has 1 aromatic rings. The first-order valence-electron chi connectivity index (χ1n) is 7.39. The molecule has 0 aromatic heterocycles. The monoisotopic (exact) mass is 389 g/mol. The van der Waals surface area contributed by atoms with Crippen LogP contribution in [0.4, 0.5) is 0 Å². The predicted octanol–water partition coefficient (Wildman–Crippen LogP) is 4.58. The van der Waals surface area contributed by atoms with E-state index < -0.39 is 5.54 Å². The van der Waals surface area contributed by atoms with Crippen LogP contribution in [-0.2, 0) is 10.3 Å². The van der Waals surface area contributed by atoms with E-state index in [2.05, 4.69) is 28.9 Å². The average Bonchev–Trinajstić information content (AvgIpc) is 2.86. The van der Waals surface area contributed by atoms with Gasteiger partial charge in [-0.25, -0.2) is 0 Å². The number of hydrogen-bond acceptors (Lipinski definition) is 3. The number of thioether (sulfide) groups is 1. The van der Waals surface area contributed by atoms with Crippen molar-refractivity contribution in [3.63, 3.8) is 0 Å². The summed E-state index contributed by atoms with van der Waals surface area (Å²) in [7, 11) is 0. The minimum absolute atomic E-state index is 0.0516. The molecule has 3 rings (SSSR count). The fourth-order valence-electron chi connectivity index (χ4n) is 3.55. The van der Waals surface area contributed by atoms with Gasteiger partial charge >= 0.3 is 0 Å². The molecular formula is C16H21BrClNOS. The van der Waals surface area contributed by atoms with Crippen LogP contribution in [0.5, 0.6) is 0 Å². The number of hydrogen-bond donors (Lipinski definition) is 1. The molecule has 3 unspecified atom stereocenters. The van der Waals surface area contributed by atoms with Gasteiger partial charge in [0.25, 0.3) is 0 Å². The fraction of sp³-hybridized carbons (Fsp3) is 0.625. The maximum atomic E-state index is 6.75. The van der Waals surface area contributed by atoms with E-state index in [1.165, 1.54) is 5.75 Å². The zero-order chi connectivity index (χ0) is 15.1. The van der Waals surface area contributed by atoms with Crippen molar-refractivity contribution in [2.45, 2.75) is 37.3 Å². The molecule has 0 aliphatic carbocycles. The zero-order valence-corrected chi connectivity index (χ0v) is 15.4. The van der Waals surface area contributed by atoms with Crippen molar-refractivity contribution in [2.75, 3.05) is 18.1 Å². The Morgan fingerprint density at radius 2 is 2.33 bits per heavy atom. The van der Waals surface area contributed by atoms with Crippen LogP contribution in [0.1, 0.15) is 31.7 Å². The number of nitrogens with two attached hydrogens (primary N) is 1. The molecule has 5 heteroatoms. The minimum Gasteiger partial charge on any atom is -0.374 e. The molecular weight excluding hydrogens is 370 g/mol. The summed E-state index contributed by atoms with van der Waals surface area (Å²) >= 11 is 11.9. The van der Waals surface area contributed by atoms with Gasteiger partial charge in [-0.05, 0) is 55.6 Å². The smallest absolute Gasteiger partial charge is 0.0783 e. The molecule has 2 fully saturated rings. The molecule has 2 N–H and O–H groups in total. The standard InChI is InChI=1S/C16H21BrClNOS/c1-15(19,13-3-2-12(17)8-14(13)18)11-4-6-20-16(9-11)5-7-21-10-16/h2-3,8,11H,4-7,9-10,19H2,1H3. The summed E-state index contributed by atoms with van der Waals surface area (Å²) in [6.07, 6.45) is 3.20. The van der Waals surface area contributed by atoms with Crippen LogP contribution >= 0.6 is 39.3 Å². The van der Waals surface area contributed by atoms with E-state index in [9.17, 15) is 0 Å². The highest BCUT2D eigenvalue weighted by Gasteiger charge is 2.45. The molecule has 0 bridgehead atoms. The highest BCUT2D eigenvalue weighted by molar-refractivity contribution is 9.10. The Balaban J connectivity index is 1.86. The van der Waals surface area contributed by atoms with Gasteiger partial charge in [0.15, 0.2) is 0 Å². The second kappa shape index (κ2) is 6.04. The lowest BCUT2D eigenvalue weighted by Gasteiger charge is -2.44. The molecule has 2 heterocycles. The second-order valence-corrected chi connectivity index (χ2v) is 8.86. The van der Waals surface area contributed by atoms with Crippen LogP contribution < -0.4 is 5.73 Å². The molecule has 2 saturated heterocycles. The van der Waals surface area contributed by atoms with Gasteiger partial charge in [-0.3, -0.25) is 0 Å². The molecule has 3 atom stereocenters. The minimum atomic E-state index is -0.415. The summed E-state index contributed by atoms with van der Waals surface area (Å²) in [5.41, 5.74) is 7.43. The van der Waals surface area contributed by atoms with E-state index in [0.29, 0.717) is 5.92 Å². The van der Waals surface area contributed by atoms with E-state index in [4.69, 9.17) is 22.1 Å². The zero-order valence-electron chi connectivity index (χ0n) is 12.2. The van der Waals surface area contributed by atoms with Crippen molar-refractivity contribution in [3.8, 4) is 0 Å². The summed E-state index contributed by atoms with van der Waals surface area (Å²) < 4.78 is 7.11. The molecule has 1 spiro atoms. The van der Waals surface area contributed by atoms with Gasteiger partial charge in [0.2, 0.25) is 0 Å². The molecule has 2 nitrogen and oxygen atoms in total. The Labute approximate surface area is 144 Å². The molecule has 0 saturated carbocycles. The Bertz CT molecular complexity index is 531. The van der Waals surface area contributed by atoms with E-state index in [0.717, 1.165) is 46.7 Å². The van der Waals surface area contributed by atoms with Crippen molar-refractivity contribution in [1.29, 1.82) is 0 Å². The molecule has 116 valence electrons. The van der Waals surface area contributed by atoms with Crippen molar-refractivity contribution in [3.05, 3.63) is 33.3 Å². The number of halogens is 2. The third-order valence-corrected chi connectivity index (χ3v) is 6.95. The molecule has 1 aromatic carbocycles. The summed E-state index contributed by atoms with van der Waals surface area (Å²) in [5, 5.41) is 0.746. The summed E-state index contributed by atoms with van der Waals surface area (Å²) in [4.78, 5) is 0. The first-order chi connectivity index (χ1) is 9.93. The lowest BCUT2D eigenvalue weighted by atomic mass is 9.71. The summed E-state index contributed by atoms with van der Waals surface area (Å²) in [6.45, 7) is 2.93. The second-order valence-electron chi connectivity index (χ2n) is 6.43. The van der Waals surface area contributed by atoms with Crippen molar-refractivity contribution >= 4 is 39.3 Å². The fourth-order valence-corrected chi connectivity index (χ4v) is 5.80. The lowest BCUT2D eigenvalue weighted by Crippen LogP contribution is -2.50. The Kier molecular flexibility index (Phi) is 4.64. The van der Waals surface area contributed by atoms with Crippen LogP contribution in [0.3, 0.4) is 0 Å². The van der Waals surface area contributed by atoms with Crippen molar-refractivity contribution < 1.29 is 4.74 Å². The topological polar surface area (TPSA) is 35.2 Å². The normalized spacial score (nSPS) is 32.3. The van der Waals surface area contributed by atoms with Gasteiger partial charge in [0.1, 0.15) is 0 Å². The number of rotatable bonds is 2. The summed E-state index contributed by atoms with van der Waals surface area (Å²) in [6, 6.07) is 6.01. The Morgan fingerprint density at radius 3 is 3.00 bits per heavy atom. The van der Waals surface area contributed by atoms with Crippen LogP contribution in [0.2, 0.25) is 5.02 Å². The molecule has 2 aliphatic heterocycles. The number of ether oxygens (including phenoxy) is 1. The highest BCUT2D eigenvalue weighted by Crippen LogP contribution is 2.46. The van der Waals surface area contributed by atoms with Crippen LogP contribution in [0.15, 0.2) is 22.7 Å². The van der Waals surface area contributed by atoms with Crippen molar-refractivity contribution in [2.24, 2.45) is 11.7 Å². The maximum absolute atomic E-state index is 6.75. The summed E-state index contributed by atoms with van der Waals surface area (Å²) in [5.74, 6) is 2.71. The average molecular weight is 391 g/mol. The quantitative estimate of drug-likeness (QED) is 0.803. The Hall–Kier alpha value is 0.260.